The molecule has 2 aromatic rings. The number of piperazine rings is 1. The molecule has 0 aromatic heterocycles. The maximum atomic E-state index is 13.8. The van der Waals surface area contributed by atoms with Crippen molar-refractivity contribution in [2.45, 2.75) is 89.6 Å². The van der Waals surface area contributed by atoms with Crippen molar-refractivity contribution >= 4 is 30.1 Å². The normalized spacial score (nSPS) is 21.1. The molecule has 2 aromatic carbocycles. The van der Waals surface area contributed by atoms with E-state index in [0.29, 0.717) is 75.6 Å². The summed E-state index contributed by atoms with van der Waals surface area (Å²) in [5.41, 5.74) is 0.841. The molecule has 0 aliphatic carbocycles. The topological polar surface area (TPSA) is 120 Å². The van der Waals surface area contributed by atoms with Crippen LogP contribution in [-0.2, 0) is 20.9 Å². The molecule has 0 saturated carbocycles. The van der Waals surface area contributed by atoms with E-state index in [9.17, 15) is 19.5 Å². The van der Waals surface area contributed by atoms with Gasteiger partial charge in [0.25, 0.3) is 5.91 Å². The Balaban J connectivity index is 0.00000480. The Bertz CT molecular complexity index is 1310. The summed E-state index contributed by atoms with van der Waals surface area (Å²) >= 11 is 0. The van der Waals surface area contributed by atoms with Crippen LogP contribution in [-0.4, -0.2) is 89.2 Å². The number of halogens is 1. The van der Waals surface area contributed by atoms with Gasteiger partial charge in [0.15, 0.2) is 0 Å². The number of benzene rings is 2. The molecule has 1 spiro atoms. The third kappa shape index (κ3) is 8.20. The highest BCUT2D eigenvalue weighted by Crippen LogP contribution is 2.36. The smallest absolute Gasteiger partial charge is 0.251 e. The Labute approximate surface area is 278 Å². The van der Waals surface area contributed by atoms with Crippen molar-refractivity contribution in [3.63, 3.8) is 0 Å². The van der Waals surface area contributed by atoms with Crippen LogP contribution in [0.15, 0.2) is 48.5 Å². The molecule has 2 atom stereocenters. The molecule has 10 nitrogen and oxygen atoms in total. The van der Waals surface area contributed by atoms with Crippen molar-refractivity contribution < 1.29 is 29.0 Å². The highest BCUT2D eigenvalue weighted by Gasteiger charge is 2.55. The molecular formula is C35H49ClN4O6. The van der Waals surface area contributed by atoms with Crippen LogP contribution in [0.1, 0.15) is 75.2 Å². The molecule has 3 heterocycles. The molecule has 3 fully saturated rings. The summed E-state index contributed by atoms with van der Waals surface area (Å²) in [5, 5.41) is 17.0. The monoisotopic (exact) mass is 656 g/mol. The largest absolute Gasteiger partial charge is 0.457 e. The Morgan fingerprint density at radius 2 is 1.65 bits per heavy atom. The highest BCUT2D eigenvalue weighted by atomic mass is 35.5. The van der Waals surface area contributed by atoms with Crippen LogP contribution in [0.5, 0.6) is 11.5 Å². The van der Waals surface area contributed by atoms with E-state index >= 15 is 0 Å². The van der Waals surface area contributed by atoms with E-state index in [2.05, 4.69) is 22.5 Å². The van der Waals surface area contributed by atoms with Crippen molar-refractivity contribution in [1.82, 2.24) is 20.4 Å². The van der Waals surface area contributed by atoms with E-state index in [1.165, 1.54) is 0 Å². The van der Waals surface area contributed by atoms with Gasteiger partial charge in [0.1, 0.15) is 23.1 Å². The first-order valence-electron chi connectivity index (χ1n) is 16.5. The average Bonchev–Trinajstić information content (AvgIpc) is 3.05. The van der Waals surface area contributed by atoms with E-state index < -0.39 is 17.7 Å². The maximum Gasteiger partial charge on any atom is 0.251 e. The summed E-state index contributed by atoms with van der Waals surface area (Å²) in [4.78, 5) is 43.9. The van der Waals surface area contributed by atoms with E-state index in [4.69, 9.17) is 9.47 Å². The van der Waals surface area contributed by atoms with E-state index in [-0.39, 0.29) is 42.1 Å². The summed E-state index contributed by atoms with van der Waals surface area (Å²) in [7, 11) is 0. The van der Waals surface area contributed by atoms with Crippen LogP contribution in [0.25, 0.3) is 0 Å². The minimum atomic E-state index is -0.908. The lowest BCUT2D eigenvalue weighted by atomic mass is 9.79. The molecule has 0 bridgehead atoms. The molecule has 3 saturated heterocycles. The minimum Gasteiger partial charge on any atom is -0.457 e. The zero-order chi connectivity index (χ0) is 32.0. The fourth-order valence-corrected chi connectivity index (χ4v) is 6.70. The molecule has 3 amide bonds. The number of unbranched alkanes of at least 4 members (excludes halogenated alkanes) is 1. The Morgan fingerprint density at radius 1 is 1.04 bits per heavy atom. The molecule has 252 valence electrons. The third-order valence-electron chi connectivity index (χ3n) is 9.37. The first kappa shape index (κ1) is 35.7. The molecule has 3 aliphatic rings. The number of aliphatic hydroxyl groups is 1. The number of carbonyl (C=O) groups excluding carboxylic acids is 3. The van der Waals surface area contributed by atoms with Gasteiger partial charge in [-0.15, -0.1) is 12.4 Å². The predicted octanol–water partition coefficient (Wildman–Crippen LogP) is 4.29. The average molecular weight is 657 g/mol. The standard InChI is InChI=1S/C35H48N4O6.ClH/c1-4-5-18-39-33(42)30(31(40)26-14-21-44-22-15-26)37-34(43)35(39)16-19-38(20-17-35)23-25-6-10-28(11-7-25)45-29-12-8-27(9-13-29)32(41)36-24(2)3;/h6-13,24,26,30-31,40H,4-5,14-23H2,1-3H3,(H,36,41)(H,37,43);1H/t30-,31-;/m1./s1. The second-order valence-corrected chi connectivity index (χ2v) is 12.9. The number of nitrogens with zero attached hydrogens (tertiary/aromatic N) is 2. The molecule has 3 aliphatic heterocycles. The van der Waals surface area contributed by atoms with Crippen LogP contribution in [0.2, 0.25) is 0 Å². The lowest BCUT2D eigenvalue weighted by Crippen LogP contribution is -2.75. The molecule has 3 N–H and O–H groups in total. The van der Waals surface area contributed by atoms with Crippen molar-refractivity contribution in [3.8, 4) is 11.5 Å². The first-order chi connectivity index (χ1) is 21.7. The molecule has 46 heavy (non-hydrogen) atoms. The predicted molar refractivity (Wildman–Crippen MR) is 178 cm³/mol. The summed E-state index contributed by atoms with van der Waals surface area (Å²) in [6, 6.07) is 14.2. The number of rotatable bonds is 11. The Hall–Kier alpha value is -3.18. The van der Waals surface area contributed by atoms with Gasteiger partial charge >= 0.3 is 0 Å². The van der Waals surface area contributed by atoms with Gasteiger partial charge in [-0.2, -0.15) is 0 Å². The number of carbonyl (C=O) groups is 3. The number of piperidine rings is 1. The van der Waals surface area contributed by atoms with Gasteiger partial charge in [-0.25, -0.2) is 0 Å². The fourth-order valence-electron chi connectivity index (χ4n) is 6.70. The van der Waals surface area contributed by atoms with Gasteiger partial charge in [0, 0.05) is 51.0 Å². The lowest BCUT2D eigenvalue weighted by molar-refractivity contribution is -0.166. The zero-order valence-electron chi connectivity index (χ0n) is 27.2. The van der Waals surface area contributed by atoms with Crippen LogP contribution in [0, 0.1) is 5.92 Å². The quantitative estimate of drug-likeness (QED) is 0.330. The number of hydrogen-bond acceptors (Lipinski definition) is 7. The van der Waals surface area contributed by atoms with E-state index in [1.54, 1.807) is 29.2 Å². The number of aliphatic hydroxyl groups excluding tert-OH is 1. The Kier molecular flexibility index (Phi) is 12.5. The third-order valence-corrected chi connectivity index (χ3v) is 9.37. The van der Waals surface area contributed by atoms with Gasteiger partial charge in [0.2, 0.25) is 11.8 Å². The maximum absolute atomic E-state index is 13.8. The van der Waals surface area contributed by atoms with E-state index in [1.807, 2.05) is 38.1 Å². The van der Waals surface area contributed by atoms with Crippen molar-refractivity contribution in [1.29, 1.82) is 0 Å². The number of ether oxygens (including phenoxy) is 2. The molecular weight excluding hydrogens is 608 g/mol. The molecule has 5 rings (SSSR count). The van der Waals surface area contributed by atoms with Gasteiger partial charge in [-0.3, -0.25) is 19.3 Å². The molecule has 0 radical (unpaired) electrons. The first-order valence-corrected chi connectivity index (χ1v) is 16.5. The van der Waals surface area contributed by atoms with Crippen molar-refractivity contribution in [2.75, 3.05) is 32.8 Å². The van der Waals surface area contributed by atoms with Gasteiger partial charge in [-0.05, 0) is 93.8 Å². The van der Waals surface area contributed by atoms with Gasteiger partial charge in [-0.1, -0.05) is 25.5 Å². The summed E-state index contributed by atoms with van der Waals surface area (Å²) in [6.07, 6.45) is 3.32. The van der Waals surface area contributed by atoms with Crippen molar-refractivity contribution in [2.24, 2.45) is 5.92 Å². The van der Waals surface area contributed by atoms with Crippen LogP contribution in [0.3, 0.4) is 0 Å². The lowest BCUT2D eigenvalue weighted by Gasteiger charge is -2.52. The number of hydrogen-bond donors (Lipinski definition) is 3. The van der Waals surface area contributed by atoms with Crippen LogP contribution < -0.4 is 15.4 Å². The van der Waals surface area contributed by atoms with Gasteiger partial charge in [0.05, 0.1) is 6.10 Å². The Morgan fingerprint density at radius 3 is 2.24 bits per heavy atom. The number of nitrogens with one attached hydrogen (secondary N) is 2. The SMILES string of the molecule is CCCCN1C(=O)[C@@H]([C@H](O)C2CCOCC2)NC(=O)C12CCN(Cc1ccc(Oc3ccc(C(=O)NC(C)C)cc3)cc1)CC2.Cl. The second-order valence-electron chi connectivity index (χ2n) is 12.9. The van der Waals surface area contributed by atoms with E-state index in [0.717, 1.165) is 24.9 Å². The van der Waals surface area contributed by atoms with Crippen LogP contribution >= 0.6 is 12.4 Å². The van der Waals surface area contributed by atoms with Crippen LogP contribution in [0.4, 0.5) is 0 Å². The zero-order valence-corrected chi connectivity index (χ0v) is 28.0. The summed E-state index contributed by atoms with van der Waals surface area (Å²) in [6.45, 7) is 9.70. The number of likely N-dealkylation sites (tertiary alicyclic amines) is 1. The molecule has 11 heteroatoms. The second kappa shape index (κ2) is 16.1. The minimum absolute atomic E-state index is 0. The molecule has 0 unspecified atom stereocenters. The number of amides is 3. The summed E-state index contributed by atoms with van der Waals surface area (Å²) in [5.74, 6) is 0.904. The highest BCUT2D eigenvalue weighted by molar-refractivity contribution is 6.00. The van der Waals surface area contributed by atoms with Gasteiger partial charge < -0.3 is 30.1 Å². The summed E-state index contributed by atoms with van der Waals surface area (Å²) < 4.78 is 11.4. The van der Waals surface area contributed by atoms with Crippen molar-refractivity contribution in [3.05, 3.63) is 59.7 Å². The fraction of sp³-hybridized carbons (Fsp3) is 0.571.